The zero-order valence-electron chi connectivity index (χ0n) is 11.8. The summed E-state index contributed by atoms with van der Waals surface area (Å²) in [5.74, 6) is 0. The van der Waals surface area contributed by atoms with Crippen LogP contribution in [0.2, 0.25) is 0 Å². The van der Waals surface area contributed by atoms with Crippen molar-refractivity contribution in [3.63, 3.8) is 0 Å². The van der Waals surface area contributed by atoms with Crippen LogP contribution in [0, 0.1) is 0 Å². The van der Waals surface area contributed by atoms with Crippen LogP contribution in [-0.2, 0) is 0 Å². The molecule has 4 N–H and O–H groups in total. The summed E-state index contributed by atoms with van der Waals surface area (Å²) >= 11 is 0. The van der Waals surface area contributed by atoms with Gasteiger partial charge in [-0.3, -0.25) is 0 Å². The molecule has 0 aromatic rings. The predicted molar refractivity (Wildman–Crippen MR) is 75.1 cm³/mol. The molecular weight excluding hydrogens is 212 g/mol. The van der Waals surface area contributed by atoms with Crippen LogP contribution in [0.15, 0.2) is 0 Å². The van der Waals surface area contributed by atoms with Crippen molar-refractivity contribution in [1.29, 1.82) is 0 Å². The Balaban J connectivity index is 3.53. The average molecular weight is 244 g/mol. The van der Waals surface area contributed by atoms with Gasteiger partial charge in [0, 0.05) is 25.2 Å². The van der Waals surface area contributed by atoms with E-state index in [0.717, 1.165) is 19.4 Å². The molecule has 3 heteroatoms. The Hall–Kier alpha value is -0.120. The van der Waals surface area contributed by atoms with Gasteiger partial charge in [0.25, 0.3) is 0 Å². The highest BCUT2D eigenvalue weighted by molar-refractivity contribution is 4.72. The highest BCUT2D eigenvalue weighted by Crippen LogP contribution is 2.08. The molecule has 0 spiro atoms. The molecule has 3 nitrogen and oxygen atoms in total. The first kappa shape index (κ1) is 16.9. The van der Waals surface area contributed by atoms with E-state index in [0.29, 0.717) is 12.1 Å². The van der Waals surface area contributed by atoms with Crippen LogP contribution in [-0.4, -0.2) is 30.3 Å². The highest BCUT2D eigenvalue weighted by atomic mass is 16.2. The summed E-state index contributed by atoms with van der Waals surface area (Å²) in [5, 5.41) is 12.3. The van der Waals surface area contributed by atoms with Crippen LogP contribution >= 0.6 is 0 Å². The number of rotatable bonds is 12. The van der Waals surface area contributed by atoms with Gasteiger partial charge in [0.1, 0.15) is 0 Å². The second kappa shape index (κ2) is 12.3. The summed E-state index contributed by atoms with van der Waals surface area (Å²) in [6, 6.07) is 0.914. The average Bonchev–Trinajstić information content (AvgIpc) is 2.34. The quantitative estimate of drug-likeness (QED) is 0.462. The monoisotopic (exact) mass is 244 g/mol. The van der Waals surface area contributed by atoms with E-state index in [2.05, 4.69) is 19.2 Å². The minimum atomic E-state index is 0.288. The van der Waals surface area contributed by atoms with Crippen LogP contribution in [0.1, 0.15) is 65.2 Å². The minimum absolute atomic E-state index is 0.288. The molecule has 0 rings (SSSR count). The van der Waals surface area contributed by atoms with Crippen LogP contribution in [0.3, 0.4) is 0 Å². The summed E-state index contributed by atoms with van der Waals surface area (Å²) in [7, 11) is 0. The van der Waals surface area contributed by atoms with E-state index < -0.39 is 0 Å². The number of unbranched alkanes of at least 4 members (excludes halogenated alkanes) is 4. The zero-order chi connectivity index (χ0) is 12.9. The van der Waals surface area contributed by atoms with Gasteiger partial charge in [-0.1, -0.05) is 39.0 Å². The maximum Gasteiger partial charge on any atom is 0.0431 e. The first-order valence-electron chi connectivity index (χ1n) is 7.31. The topological polar surface area (TPSA) is 58.3 Å². The third-order valence-corrected chi connectivity index (χ3v) is 3.26. The maximum atomic E-state index is 8.78. The Bertz CT molecular complexity index is 153. The van der Waals surface area contributed by atoms with Gasteiger partial charge in [0.2, 0.25) is 0 Å². The molecule has 104 valence electrons. The number of hydrogen-bond acceptors (Lipinski definition) is 3. The van der Waals surface area contributed by atoms with Gasteiger partial charge in [-0.2, -0.15) is 0 Å². The summed E-state index contributed by atoms with van der Waals surface area (Å²) < 4.78 is 0. The fourth-order valence-electron chi connectivity index (χ4n) is 2.15. The summed E-state index contributed by atoms with van der Waals surface area (Å²) in [4.78, 5) is 0. The Morgan fingerprint density at radius 2 is 1.76 bits per heavy atom. The van der Waals surface area contributed by atoms with Crippen molar-refractivity contribution in [2.24, 2.45) is 5.73 Å². The molecule has 0 saturated carbocycles. The van der Waals surface area contributed by atoms with Crippen molar-refractivity contribution >= 4 is 0 Å². The fraction of sp³-hybridized carbons (Fsp3) is 1.00. The molecule has 0 amide bonds. The molecule has 0 bridgehead atoms. The van der Waals surface area contributed by atoms with Crippen molar-refractivity contribution in [3.8, 4) is 0 Å². The van der Waals surface area contributed by atoms with Gasteiger partial charge in [-0.15, -0.1) is 0 Å². The van der Waals surface area contributed by atoms with Crippen LogP contribution < -0.4 is 11.1 Å². The molecular formula is C14H32N2O. The van der Waals surface area contributed by atoms with Gasteiger partial charge in [0.05, 0.1) is 0 Å². The van der Waals surface area contributed by atoms with Crippen molar-refractivity contribution < 1.29 is 5.11 Å². The second-order valence-electron chi connectivity index (χ2n) is 5.07. The van der Waals surface area contributed by atoms with Gasteiger partial charge in [-0.05, 0) is 26.2 Å². The highest BCUT2D eigenvalue weighted by Gasteiger charge is 2.09. The molecule has 2 unspecified atom stereocenters. The number of nitrogens with one attached hydrogen (secondary N) is 1. The lowest BCUT2D eigenvalue weighted by molar-refractivity contribution is 0.272. The Kier molecular flexibility index (Phi) is 12.3. The molecule has 17 heavy (non-hydrogen) atoms. The number of aliphatic hydroxyl groups excluding tert-OH is 1. The van der Waals surface area contributed by atoms with Crippen molar-refractivity contribution in [2.45, 2.75) is 77.3 Å². The molecule has 0 aliphatic heterocycles. The number of aliphatic hydroxyl groups is 1. The second-order valence-corrected chi connectivity index (χ2v) is 5.07. The third kappa shape index (κ3) is 10.7. The lowest BCUT2D eigenvalue weighted by atomic mass is 10.0. The van der Waals surface area contributed by atoms with E-state index in [4.69, 9.17) is 10.8 Å². The van der Waals surface area contributed by atoms with Crippen molar-refractivity contribution in [1.82, 2.24) is 5.32 Å². The van der Waals surface area contributed by atoms with E-state index in [9.17, 15) is 0 Å². The Morgan fingerprint density at radius 3 is 2.35 bits per heavy atom. The van der Waals surface area contributed by atoms with Gasteiger partial charge < -0.3 is 16.2 Å². The van der Waals surface area contributed by atoms with Gasteiger partial charge >= 0.3 is 0 Å². The Morgan fingerprint density at radius 1 is 1.06 bits per heavy atom. The predicted octanol–water partition coefficient (Wildman–Crippen LogP) is 2.42. The van der Waals surface area contributed by atoms with Gasteiger partial charge in [0.15, 0.2) is 0 Å². The molecule has 0 saturated heterocycles. The molecule has 0 heterocycles. The van der Waals surface area contributed by atoms with E-state index in [1.165, 1.54) is 38.5 Å². The van der Waals surface area contributed by atoms with E-state index in [-0.39, 0.29) is 6.61 Å². The summed E-state index contributed by atoms with van der Waals surface area (Å²) in [6.07, 6.45) is 9.71. The van der Waals surface area contributed by atoms with E-state index in [1.54, 1.807) is 0 Å². The maximum absolute atomic E-state index is 8.78. The number of hydrogen-bond donors (Lipinski definition) is 3. The van der Waals surface area contributed by atoms with E-state index in [1.807, 2.05) is 0 Å². The zero-order valence-corrected chi connectivity index (χ0v) is 11.8. The van der Waals surface area contributed by atoms with Crippen molar-refractivity contribution in [2.75, 3.05) is 13.2 Å². The molecule has 0 aliphatic rings. The Labute approximate surface area is 107 Å². The summed E-state index contributed by atoms with van der Waals surface area (Å²) in [5.41, 5.74) is 5.78. The van der Waals surface area contributed by atoms with Crippen LogP contribution in [0.5, 0.6) is 0 Å². The normalized spacial score (nSPS) is 14.8. The minimum Gasteiger partial charge on any atom is -0.396 e. The smallest absolute Gasteiger partial charge is 0.0431 e. The first-order valence-corrected chi connectivity index (χ1v) is 7.31. The lowest BCUT2D eigenvalue weighted by Crippen LogP contribution is -2.41. The molecule has 0 aliphatic carbocycles. The molecule has 2 atom stereocenters. The molecule has 0 aromatic carbocycles. The largest absolute Gasteiger partial charge is 0.396 e. The fourth-order valence-corrected chi connectivity index (χ4v) is 2.15. The molecule has 0 radical (unpaired) electrons. The molecule has 0 fully saturated rings. The van der Waals surface area contributed by atoms with Gasteiger partial charge in [-0.25, -0.2) is 0 Å². The van der Waals surface area contributed by atoms with Crippen LogP contribution in [0.25, 0.3) is 0 Å². The SMILES string of the molecule is CCCCCCCC(CN)NC(C)CCCO. The third-order valence-electron chi connectivity index (χ3n) is 3.26. The lowest BCUT2D eigenvalue weighted by Gasteiger charge is -2.22. The van der Waals surface area contributed by atoms with Crippen molar-refractivity contribution in [3.05, 3.63) is 0 Å². The standard InChI is InChI=1S/C14H32N2O/c1-3-4-5-6-7-10-14(12-15)16-13(2)9-8-11-17/h13-14,16-17H,3-12,15H2,1-2H3. The van der Waals surface area contributed by atoms with E-state index >= 15 is 0 Å². The summed E-state index contributed by atoms with van der Waals surface area (Å²) in [6.45, 7) is 5.43. The number of nitrogens with two attached hydrogens (primary N) is 1. The first-order chi connectivity index (χ1) is 8.24. The van der Waals surface area contributed by atoms with Crippen LogP contribution in [0.4, 0.5) is 0 Å². The molecule has 0 aromatic heterocycles.